The van der Waals surface area contributed by atoms with E-state index in [1.165, 1.54) is 10.8 Å². The van der Waals surface area contributed by atoms with Gasteiger partial charge in [0.25, 0.3) is 0 Å². The number of fused-ring (bicyclic) bond motifs is 1. The lowest BCUT2D eigenvalue weighted by Crippen LogP contribution is -2.36. The van der Waals surface area contributed by atoms with Gasteiger partial charge in [0.2, 0.25) is 0 Å². The van der Waals surface area contributed by atoms with Crippen LogP contribution in [0.2, 0.25) is 5.02 Å². The SMILES string of the molecule is Nc1ncnn2c(CN3CCOCC3)cc(-c3cc(F)c(NC(=O)Nc4ccc(Cl)c(C(F)(F)F)c4)cc3F)c12. The van der Waals surface area contributed by atoms with Gasteiger partial charge in [0, 0.05) is 42.5 Å². The Hall–Kier alpha value is -4.01. The smallest absolute Gasteiger partial charge is 0.382 e. The maximum atomic E-state index is 15.4. The number of amides is 2. The lowest BCUT2D eigenvalue weighted by atomic mass is 10.0. The van der Waals surface area contributed by atoms with Gasteiger partial charge in [-0.25, -0.2) is 23.1 Å². The Balaban J connectivity index is 1.42. The average molecular weight is 582 g/mol. The summed E-state index contributed by atoms with van der Waals surface area (Å²) in [4.78, 5) is 18.5. The summed E-state index contributed by atoms with van der Waals surface area (Å²) >= 11 is 5.58. The third-order valence-electron chi connectivity index (χ3n) is 6.27. The Kier molecular flexibility index (Phi) is 7.49. The van der Waals surface area contributed by atoms with Crippen LogP contribution in [-0.4, -0.2) is 51.8 Å². The highest BCUT2D eigenvalue weighted by Gasteiger charge is 2.33. The van der Waals surface area contributed by atoms with Crippen molar-refractivity contribution < 1.29 is 31.5 Å². The van der Waals surface area contributed by atoms with Crippen LogP contribution in [0.4, 0.5) is 43.9 Å². The molecular formula is C25H21ClF5N7O2. The molecule has 0 aliphatic carbocycles. The number of hydrogen-bond acceptors (Lipinski definition) is 6. The van der Waals surface area contributed by atoms with E-state index in [9.17, 15) is 18.0 Å². The zero-order chi connectivity index (χ0) is 28.6. The molecule has 0 saturated carbocycles. The molecule has 1 aliphatic rings. The van der Waals surface area contributed by atoms with Crippen molar-refractivity contribution in [3.63, 3.8) is 0 Å². The first kappa shape index (κ1) is 27.6. The third-order valence-corrected chi connectivity index (χ3v) is 6.60. The van der Waals surface area contributed by atoms with E-state index >= 15 is 8.78 Å². The standard InChI is InChI=1S/C25H21ClF5N7O2/c26-18-2-1-13(7-17(18)25(29,30)31)35-24(39)36-21-10-19(27)15(9-20(21)28)16-8-14(11-37-3-5-40-6-4-37)38-22(16)23(32)33-12-34-38/h1-2,7-10,12H,3-6,11H2,(H2,32,33,34)(H2,35,36,39). The van der Waals surface area contributed by atoms with Crippen molar-refractivity contribution in [2.24, 2.45) is 0 Å². The summed E-state index contributed by atoms with van der Waals surface area (Å²) in [5, 5.41) is 7.94. The van der Waals surface area contributed by atoms with Crippen LogP contribution in [0.3, 0.4) is 0 Å². The number of nitrogen functional groups attached to an aromatic ring is 1. The molecule has 2 aromatic carbocycles. The minimum Gasteiger partial charge on any atom is -0.382 e. The molecule has 3 heterocycles. The fourth-order valence-corrected chi connectivity index (χ4v) is 4.62. The van der Waals surface area contributed by atoms with Crippen LogP contribution < -0.4 is 16.4 Å². The van der Waals surface area contributed by atoms with Crippen molar-refractivity contribution >= 4 is 40.3 Å². The van der Waals surface area contributed by atoms with Gasteiger partial charge in [0.1, 0.15) is 23.5 Å². The van der Waals surface area contributed by atoms with Crippen LogP contribution in [0.15, 0.2) is 42.7 Å². The maximum Gasteiger partial charge on any atom is 0.417 e. The van der Waals surface area contributed by atoms with Gasteiger partial charge in [0.15, 0.2) is 5.82 Å². The van der Waals surface area contributed by atoms with E-state index in [0.717, 1.165) is 24.3 Å². The highest BCUT2D eigenvalue weighted by molar-refractivity contribution is 6.31. The molecular weight excluding hydrogens is 561 g/mol. The number of ether oxygens (including phenoxy) is 1. The van der Waals surface area contributed by atoms with E-state index in [2.05, 4.69) is 25.6 Å². The van der Waals surface area contributed by atoms with Crippen molar-refractivity contribution in [1.29, 1.82) is 0 Å². The molecule has 2 amide bonds. The highest BCUT2D eigenvalue weighted by Crippen LogP contribution is 2.37. The molecule has 1 saturated heterocycles. The normalized spacial score (nSPS) is 14.4. The van der Waals surface area contributed by atoms with Crippen molar-refractivity contribution in [3.8, 4) is 11.1 Å². The first-order valence-electron chi connectivity index (χ1n) is 11.9. The lowest BCUT2D eigenvalue weighted by molar-refractivity contribution is -0.137. The zero-order valence-electron chi connectivity index (χ0n) is 20.5. The predicted molar refractivity (Wildman–Crippen MR) is 138 cm³/mol. The Morgan fingerprint density at radius 2 is 1.80 bits per heavy atom. The molecule has 5 rings (SSSR count). The maximum absolute atomic E-state index is 15.4. The van der Waals surface area contributed by atoms with Crippen LogP contribution in [-0.2, 0) is 17.5 Å². The number of urea groups is 1. The van der Waals surface area contributed by atoms with Gasteiger partial charge in [-0.3, -0.25) is 4.90 Å². The molecule has 1 aliphatic heterocycles. The van der Waals surface area contributed by atoms with E-state index < -0.39 is 40.1 Å². The average Bonchev–Trinajstić information content (AvgIpc) is 3.26. The zero-order valence-corrected chi connectivity index (χ0v) is 21.3. The molecule has 40 heavy (non-hydrogen) atoms. The molecule has 0 bridgehead atoms. The molecule has 9 nitrogen and oxygen atoms in total. The molecule has 0 atom stereocenters. The number of benzene rings is 2. The second-order valence-corrected chi connectivity index (χ2v) is 9.33. The van der Waals surface area contributed by atoms with Crippen LogP contribution >= 0.6 is 11.6 Å². The van der Waals surface area contributed by atoms with Crippen molar-refractivity contribution in [3.05, 3.63) is 70.6 Å². The van der Waals surface area contributed by atoms with Gasteiger partial charge < -0.3 is 21.1 Å². The molecule has 15 heteroatoms. The largest absolute Gasteiger partial charge is 0.417 e. The third kappa shape index (κ3) is 5.64. The van der Waals surface area contributed by atoms with E-state index in [0.29, 0.717) is 44.6 Å². The lowest BCUT2D eigenvalue weighted by Gasteiger charge is -2.26. The number of halogens is 6. The first-order valence-corrected chi connectivity index (χ1v) is 12.2. The highest BCUT2D eigenvalue weighted by atomic mass is 35.5. The summed E-state index contributed by atoms with van der Waals surface area (Å²) in [5.74, 6) is -1.83. The number of carbonyl (C=O) groups is 1. The van der Waals surface area contributed by atoms with Crippen LogP contribution in [0.1, 0.15) is 11.3 Å². The molecule has 0 spiro atoms. The Morgan fingerprint density at radius 3 is 2.52 bits per heavy atom. The fraction of sp³-hybridized carbons (Fsp3) is 0.240. The van der Waals surface area contributed by atoms with E-state index in [1.807, 2.05) is 0 Å². The number of aromatic nitrogens is 3. The number of morpholine rings is 1. The summed E-state index contributed by atoms with van der Waals surface area (Å²) < 4.78 is 76.6. The molecule has 4 aromatic rings. The Labute approximate surface area is 228 Å². The monoisotopic (exact) mass is 581 g/mol. The molecule has 2 aromatic heterocycles. The molecule has 0 radical (unpaired) electrons. The first-order chi connectivity index (χ1) is 19.0. The van der Waals surface area contributed by atoms with Gasteiger partial charge in [-0.1, -0.05) is 11.6 Å². The molecule has 0 unspecified atom stereocenters. The number of nitrogens with two attached hydrogens (primary N) is 1. The van der Waals surface area contributed by atoms with Crippen LogP contribution in [0.25, 0.3) is 16.6 Å². The topological polar surface area (TPSA) is 110 Å². The molecule has 4 N–H and O–H groups in total. The van der Waals surface area contributed by atoms with Gasteiger partial charge in [-0.15, -0.1) is 0 Å². The number of carbonyl (C=O) groups excluding carboxylic acids is 1. The minimum absolute atomic E-state index is 0.0563. The van der Waals surface area contributed by atoms with Gasteiger partial charge in [-0.2, -0.15) is 18.3 Å². The van der Waals surface area contributed by atoms with E-state index in [1.54, 1.807) is 6.07 Å². The summed E-state index contributed by atoms with van der Waals surface area (Å²) in [5.41, 5.74) is 5.17. The van der Waals surface area contributed by atoms with E-state index in [4.69, 9.17) is 22.1 Å². The molecule has 210 valence electrons. The number of hydrogen-bond donors (Lipinski definition) is 3. The quantitative estimate of drug-likeness (QED) is 0.272. The minimum atomic E-state index is -4.75. The summed E-state index contributed by atoms with van der Waals surface area (Å²) in [6.45, 7) is 2.95. The second-order valence-electron chi connectivity index (χ2n) is 8.93. The summed E-state index contributed by atoms with van der Waals surface area (Å²) in [7, 11) is 0. The second kappa shape index (κ2) is 10.9. The van der Waals surface area contributed by atoms with Gasteiger partial charge in [0.05, 0.1) is 35.2 Å². The number of anilines is 3. The fourth-order valence-electron chi connectivity index (χ4n) is 4.39. The van der Waals surface area contributed by atoms with Crippen LogP contribution in [0, 0.1) is 11.6 Å². The predicted octanol–water partition coefficient (Wildman–Crippen LogP) is 5.41. The molecule has 1 fully saturated rings. The van der Waals surface area contributed by atoms with Crippen LogP contribution in [0.5, 0.6) is 0 Å². The van der Waals surface area contributed by atoms with Gasteiger partial charge in [-0.05, 0) is 30.3 Å². The number of alkyl halides is 3. The summed E-state index contributed by atoms with van der Waals surface area (Å²) in [6, 6.07) is 4.92. The van der Waals surface area contributed by atoms with Crippen molar-refractivity contribution in [2.45, 2.75) is 12.7 Å². The van der Waals surface area contributed by atoms with Crippen molar-refractivity contribution in [1.82, 2.24) is 19.5 Å². The number of nitrogens with one attached hydrogen (secondary N) is 2. The number of nitrogens with zero attached hydrogens (tertiary/aromatic N) is 4. The summed E-state index contributed by atoms with van der Waals surface area (Å²) in [6.07, 6.45) is -3.49. The van der Waals surface area contributed by atoms with Gasteiger partial charge >= 0.3 is 12.2 Å². The van der Waals surface area contributed by atoms with E-state index in [-0.39, 0.29) is 28.1 Å². The van der Waals surface area contributed by atoms with Crippen molar-refractivity contribution in [2.75, 3.05) is 42.7 Å². The number of rotatable bonds is 5. The Morgan fingerprint density at radius 1 is 1.05 bits per heavy atom. The Bertz CT molecular complexity index is 1590.